The number of hydrogen-bond donors (Lipinski definition) is 2. The van der Waals surface area contributed by atoms with E-state index in [-0.39, 0.29) is 29.8 Å². The fourth-order valence-electron chi connectivity index (χ4n) is 2.76. The molecule has 0 atom stereocenters. The number of nitrogens with zero attached hydrogens (tertiary/aromatic N) is 2. The normalized spacial score (nSPS) is 11.2. The Morgan fingerprint density at radius 2 is 1.93 bits per heavy atom. The van der Waals surface area contributed by atoms with Crippen LogP contribution < -0.4 is 15.4 Å². The lowest BCUT2D eigenvalue weighted by Gasteiger charge is -2.15. The maximum Gasteiger partial charge on any atom is 0.195 e. The Morgan fingerprint density at radius 3 is 2.63 bits per heavy atom. The number of ether oxygens (including phenoxy) is 2. The second kappa shape index (κ2) is 14.2. The van der Waals surface area contributed by atoms with E-state index in [1.165, 1.54) is 6.07 Å². The number of nitrogens with one attached hydrogen (secondary N) is 2. The van der Waals surface area contributed by atoms with E-state index in [2.05, 4.69) is 15.6 Å². The Balaban J connectivity index is 0.00000450. The van der Waals surface area contributed by atoms with Gasteiger partial charge in [-0.05, 0) is 43.9 Å². The number of aliphatic imine (C=N–C) groups is 1. The summed E-state index contributed by atoms with van der Waals surface area (Å²) in [5.41, 5.74) is 2.53. The monoisotopic (exact) mass is 530 g/mol. The summed E-state index contributed by atoms with van der Waals surface area (Å²) in [5.74, 6) is 1.22. The van der Waals surface area contributed by atoms with E-state index in [0.717, 1.165) is 23.4 Å². The SMILES string of the molecule is CN=C(NCc1ccc(F)c(CN(C)C)c1)Nc1cccc(OCCCOC)c1.I. The molecule has 6 nitrogen and oxygen atoms in total. The molecule has 0 spiro atoms. The van der Waals surface area contributed by atoms with Gasteiger partial charge in [-0.2, -0.15) is 0 Å². The molecule has 0 heterocycles. The molecule has 0 amide bonds. The fourth-order valence-corrected chi connectivity index (χ4v) is 2.76. The highest BCUT2D eigenvalue weighted by molar-refractivity contribution is 14.0. The third-order valence-corrected chi connectivity index (χ3v) is 4.14. The molecule has 0 bridgehead atoms. The van der Waals surface area contributed by atoms with Crippen molar-refractivity contribution in [3.63, 3.8) is 0 Å². The second-order valence-corrected chi connectivity index (χ2v) is 6.94. The van der Waals surface area contributed by atoms with Gasteiger partial charge in [-0.15, -0.1) is 24.0 Å². The summed E-state index contributed by atoms with van der Waals surface area (Å²) in [6, 6.07) is 12.9. The van der Waals surface area contributed by atoms with E-state index >= 15 is 0 Å². The maximum atomic E-state index is 13.9. The van der Waals surface area contributed by atoms with E-state index in [1.807, 2.05) is 49.3 Å². The number of methoxy groups -OCH3 is 1. The van der Waals surface area contributed by atoms with E-state index in [9.17, 15) is 4.39 Å². The zero-order valence-electron chi connectivity index (χ0n) is 18.1. The topological polar surface area (TPSA) is 58.1 Å². The van der Waals surface area contributed by atoms with E-state index in [1.54, 1.807) is 20.2 Å². The number of halogens is 2. The number of anilines is 1. The van der Waals surface area contributed by atoms with Crippen LogP contribution in [0, 0.1) is 5.82 Å². The van der Waals surface area contributed by atoms with Gasteiger partial charge in [-0.25, -0.2) is 4.39 Å². The quantitative estimate of drug-likeness (QED) is 0.210. The third kappa shape index (κ3) is 9.27. The first-order valence-corrected chi connectivity index (χ1v) is 9.63. The van der Waals surface area contributed by atoms with Crippen LogP contribution in [0.1, 0.15) is 17.5 Å². The smallest absolute Gasteiger partial charge is 0.195 e. The summed E-state index contributed by atoms with van der Waals surface area (Å²) in [6.07, 6.45) is 0.838. The van der Waals surface area contributed by atoms with Crippen LogP contribution in [0.25, 0.3) is 0 Å². The second-order valence-electron chi connectivity index (χ2n) is 6.94. The van der Waals surface area contributed by atoms with Crippen molar-refractivity contribution in [1.82, 2.24) is 10.2 Å². The maximum absolute atomic E-state index is 13.9. The minimum atomic E-state index is -0.188. The van der Waals surface area contributed by atoms with Crippen molar-refractivity contribution >= 4 is 35.6 Å². The average molecular weight is 530 g/mol. The van der Waals surface area contributed by atoms with Crippen LogP contribution in [0.2, 0.25) is 0 Å². The Morgan fingerprint density at radius 1 is 1.13 bits per heavy atom. The molecular formula is C22H32FIN4O2. The molecule has 0 aliphatic heterocycles. The summed E-state index contributed by atoms with van der Waals surface area (Å²) in [6.45, 7) is 2.37. The van der Waals surface area contributed by atoms with Gasteiger partial charge in [-0.3, -0.25) is 4.99 Å². The first kappa shape index (κ1) is 26.1. The van der Waals surface area contributed by atoms with Gasteiger partial charge in [0, 0.05) is 57.6 Å². The van der Waals surface area contributed by atoms with Gasteiger partial charge in [0.2, 0.25) is 0 Å². The molecular weight excluding hydrogens is 498 g/mol. The lowest BCUT2D eigenvalue weighted by atomic mass is 10.1. The lowest BCUT2D eigenvalue weighted by Crippen LogP contribution is -2.30. The van der Waals surface area contributed by atoms with Crippen molar-refractivity contribution in [2.75, 3.05) is 46.8 Å². The molecule has 2 rings (SSSR count). The Labute approximate surface area is 195 Å². The highest BCUT2D eigenvalue weighted by Crippen LogP contribution is 2.18. The molecule has 0 aliphatic carbocycles. The Hall–Kier alpha value is -1.91. The first-order valence-electron chi connectivity index (χ1n) is 9.63. The van der Waals surface area contributed by atoms with E-state index < -0.39 is 0 Å². The van der Waals surface area contributed by atoms with Crippen LogP contribution in [0.5, 0.6) is 5.75 Å². The van der Waals surface area contributed by atoms with Crippen molar-refractivity contribution in [2.45, 2.75) is 19.5 Å². The van der Waals surface area contributed by atoms with Crippen molar-refractivity contribution in [3.8, 4) is 5.75 Å². The highest BCUT2D eigenvalue weighted by atomic mass is 127. The van der Waals surface area contributed by atoms with E-state index in [4.69, 9.17) is 9.47 Å². The Bertz CT molecular complexity index is 802. The first-order chi connectivity index (χ1) is 14.0. The van der Waals surface area contributed by atoms with Crippen LogP contribution in [-0.4, -0.2) is 52.3 Å². The van der Waals surface area contributed by atoms with Crippen molar-refractivity contribution < 1.29 is 13.9 Å². The molecule has 30 heavy (non-hydrogen) atoms. The minimum absolute atomic E-state index is 0. The number of guanidine groups is 1. The predicted molar refractivity (Wildman–Crippen MR) is 131 cm³/mol. The summed E-state index contributed by atoms with van der Waals surface area (Å²) < 4.78 is 24.7. The molecule has 2 aromatic rings. The Kier molecular flexibility index (Phi) is 12.3. The molecule has 2 N–H and O–H groups in total. The van der Waals surface area contributed by atoms with Crippen LogP contribution in [-0.2, 0) is 17.8 Å². The van der Waals surface area contributed by atoms with Crippen molar-refractivity contribution in [3.05, 3.63) is 59.4 Å². The van der Waals surface area contributed by atoms with Gasteiger partial charge in [-0.1, -0.05) is 12.1 Å². The molecule has 0 unspecified atom stereocenters. The molecule has 0 radical (unpaired) electrons. The molecule has 2 aromatic carbocycles. The highest BCUT2D eigenvalue weighted by Gasteiger charge is 2.06. The van der Waals surface area contributed by atoms with Crippen LogP contribution >= 0.6 is 24.0 Å². The zero-order valence-corrected chi connectivity index (χ0v) is 20.4. The van der Waals surface area contributed by atoms with Gasteiger partial charge < -0.3 is 25.0 Å². The van der Waals surface area contributed by atoms with Gasteiger partial charge in [0.15, 0.2) is 5.96 Å². The van der Waals surface area contributed by atoms with Crippen LogP contribution in [0.15, 0.2) is 47.5 Å². The summed E-state index contributed by atoms with van der Waals surface area (Å²) in [4.78, 5) is 6.20. The van der Waals surface area contributed by atoms with Crippen LogP contribution in [0.3, 0.4) is 0 Å². The predicted octanol–water partition coefficient (Wildman–Crippen LogP) is 4.11. The number of hydrogen-bond acceptors (Lipinski definition) is 4. The molecule has 0 saturated heterocycles. The molecule has 0 fully saturated rings. The van der Waals surface area contributed by atoms with E-state index in [0.29, 0.717) is 37.8 Å². The van der Waals surface area contributed by atoms with Crippen molar-refractivity contribution in [1.29, 1.82) is 0 Å². The van der Waals surface area contributed by atoms with Gasteiger partial charge >= 0.3 is 0 Å². The number of rotatable bonds is 10. The molecule has 0 aromatic heterocycles. The summed E-state index contributed by atoms with van der Waals surface area (Å²) >= 11 is 0. The standard InChI is InChI=1S/C22H31FN4O2.HI/c1-24-22(25-15-17-9-10-21(23)18(13-17)16-27(2)3)26-19-7-5-8-20(14-19)29-12-6-11-28-4;/h5,7-10,13-14H,6,11-12,15-16H2,1-4H3,(H2,24,25,26);1H. The molecule has 166 valence electrons. The van der Waals surface area contributed by atoms with Gasteiger partial charge in [0.25, 0.3) is 0 Å². The number of benzene rings is 2. The largest absolute Gasteiger partial charge is 0.493 e. The molecule has 0 saturated carbocycles. The molecule has 0 aliphatic rings. The lowest BCUT2D eigenvalue weighted by molar-refractivity contribution is 0.172. The van der Waals surface area contributed by atoms with Gasteiger partial charge in [0.05, 0.1) is 6.61 Å². The fraction of sp³-hybridized carbons (Fsp3) is 0.409. The third-order valence-electron chi connectivity index (χ3n) is 4.14. The summed E-state index contributed by atoms with van der Waals surface area (Å²) in [5, 5.41) is 6.51. The van der Waals surface area contributed by atoms with Crippen LogP contribution in [0.4, 0.5) is 10.1 Å². The zero-order chi connectivity index (χ0) is 21.1. The van der Waals surface area contributed by atoms with Crippen molar-refractivity contribution in [2.24, 2.45) is 4.99 Å². The molecule has 8 heteroatoms. The average Bonchev–Trinajstić information content (AvgIpc) is 2.70. The minimum Gasteiger partial charge on any atom is -0.493 e. The summed E-state index contributed by atoms with van der Waals surface area (Å²) in [7, 11) is 7.23. The van der Waals surface area contributed by atoms with Gasteiger partial charge in [0.1, 0.15) is 11.6 Å².